The van der Waals surface area contributed by atoms with E-state index in [-0.39, 0.29) is 18.6 Å². The zero-order valence-corrected chi connectivity index (χ0v) is 18.0. The summed E-state index contributed by atoms with van der Waals surface area (Å²) in [5.41, 5.74) is 2.61. The van der Waals surface area contributed by atoms with Gasteiger partial charge in [0.1, 0.15) is 5.56 Å². The van der Waals surface area contributed by atoms with Crippen molar-refractivity contribution in [2.24, 2.45) is 0 Å². The molecule has 29 heavy (non-hydrogen) atoms. The van der Waals surface area contributed by atoms with Crippen LogP contribution in [-0.4, -0.2) is 45.8 Å². The van der Waals surface area contributed by atoms with Crippen molar-refractivity contribution in [2.45, 2.75) is 59.0 Å². The summed E-state index contributed by atoms with van der Waals surface area (Å²) in [6.07, 6.45) is 4.09. The Labute approximate surface area is 176 Å². The van der Waals surface area contributed by atoms with Gasteiger partial charge in [0.15, 0.2) is 6.61 Å². The summed E-state index contributed by atoms with van der Waals surface area (Å²) >= 11 is 6.24. The standard InChI is InChI=1S/C22H28ClN3O3/c1-4-18-10-7-8-12-25(18)20(27)14-29-22(28)21-15(2)24-26(16(21)3)13-17-9-5-6-11-19(17)23/h5-6,9,11,18H,4,7-8,10,12-14H2,1-3H3/t18-/m0/s1. The van der Waals surface area contributed by atoms with Gasteiger partial charge >= 0.3 is 5.97 Å². The minimum atomic E-state index is -0.510. The highest BCUT2D eigenvalue weighted by atomic mass is 35.5. The number of halogens is 1. The molecule has 1 aromatic heterocycles. The second-order valence-electron chi connectivity index (χ2n) is 7.52. The Hall–Kier alpha value is -2.34. The molecular formula is C22H28ClN3O3. The van der Waals surface area contributed by atoms with E-state index in [0.717, 1.165) is 37.8 Å². The number of piperidine rings is 1. The topological polar surface area (TPSA) is 64.4 Å². The third-order valence-corrected chi connectivity index (χ3v) is 5.98. The van der Waals surface area contributed by atoms with E-state index in [0.29, 0.717) is 28.5 Å². The van der Waals surface area contributed by atoms with Gasteiger partial charge in [0.2, 0.25) is 0 Å². The first-order valence-corrected chi connectivity index (χ1v) is 10.5. The van der Waals surface area contributed by atoms with E-state index in [4.69, 9.17) is 16.3 Å². The highest BCUT2D eigenvalue weighted by molar-refractivity contribution is 6.31. The number of esters is 1. The molecule has 0 bridgehead atoms. The maximum absolute atomic E-state index is 12.7. The van der Waals surface area contributed by atoms with E-state index in [2.05, 4.69) is 12.0 Å². The normalized spacial score (nSPS) is 16.7. The molecule has 1 amide bonds. The smallest absolute Gasteiger partial charge is 0.342 e. The van der Waals surface area contributed by atoms with Crippen LogP contribution >= 0.6 is 11.6 Å². The van der Waals surface area contributed by atoms with E-state index in [9.17, 15) is 9.59 Å². The number of nitrogens with zero attached hydrogens (tertiary/aromatic N) is 3. The minimum Gasteiger partial charge on any atom is -0.452 e. The van der Waals surface area contributed by atoms with Gasteiger partial charge in [-0.25, -0.2) is 4.79 Å². The van der Waals surface area contributed by atoms with E-state index in [1.54, 1.807) is 11.6 Å². The van der Waals surface area contributed by atoms with Gasteiger partial charge in [-0.3, -0.25) is 9.48 Å². The quantitative estimate of drug-likeness (QED) is 0.662. The summed E-state index contributed by atoms with van der Waals surface area (Å²) in [5, 5.41) is 5.13. The molecule has 1 fully saturated rings. The van der Waals surface area contributed by atoms with E-state index in [1.807, 2.05) is 36.1 Å². The van der Waals surface area contributed by atoms with Crippen LogP contribution in [0.2, 0.25) is 5.02 Å². The van der Waals surface area contributed by atoms with Crippen LogP contribution in [0.1, 0.15) is 59.9 Å². The molecular weight excluding hydrogens is 390 g/mol. The van der Waals surface area contributed by atoms with Crippen molar-refractivity contribution in [3.8, 4) is 0 Å². The molecule has 6 nitrogen and oxygen atoms in total. The highest BCUT2D eigenvalue weighted by Gasteiger charge is 2.27. The number of aryl methyl sites for hydroxylation is 1. The summed E-state index contributed by atoms with van der Waals surface area (Å²) in [7, 11) is 0. The summed E-state index contributed by atoms with van der Waals surface area (Å²) in [6, 6.07) is 7.79. The monoisotopic (exact) mass is 417 g/mol. The lowest BCUT2D eigenvalue weighted by Crippen LogP contribution is -2.45. The first-order valence-electron chi connectivity index (χ1n) is 10.2. The fourth-order valence-corrected chi connectivity index (χ4v) is 4.17. The number of hydrogen-bond donors (Lipinski definition) is 0. The number of rotatable bonds is 6. The molecule has 1 aromatic carbocycles. The van der Waals surface area contributed by atoms with E-state index in [1.165, 1.54) is 0 Å². The first kappa shape index (κ1) is 21.4. The molecule has 1 atom stereocenters. The van der Waals surface area contributed by atoms with Gasteiger partial charge in [-0.1, -0.05) is 36.7 Å². The SMILES string of the molecule is CC[C@H]1CCCCN1C(=O)COC(=O)c1c(C)nn(Cc2ccccc2Cl)c1C. The Bertz CT molecular complexity index is 893. The Kier molecular flexibility index (Phi) is 6.96. The number of carbonyl (C=O) groups is 2. The van der Waals surface area contributed by atoms with Gasteiger partial charge in [-0.05, 0) is 51.2 Å². The molecule has 3 rings (SSSR count). The van der Waals surface area contributed by atoms with Crippen molar-refractivity contribution in [2.75, 3.05) is 13.2 Å². The van der Waals surface area contributed by atoms with Crippen LogP contribution < -0.4 is 0 Å². The Morgan fingerprint density at radius 1 is 1.24 bits per heavy atom. The van der Waals surface area contributed by atoms with Gasteiger partial charge in [-0.15, -0.1) is 0 Å². The summed E-state index contributed by atoms with van der Waals surface area (Å²) in [4.78, 5) is 27.1. The zero-order valence-electron chi connectivity index (χ0n) is 17.3. The van der Waals surface area contributed by atoms with Crippen LogP contribution in [0, 0.1) is 13.8 Å². The van der Waals surface area contributed by atoms with Crippen molar-refractivity contribution in [3.63, 3.8) is 0 Å². The number of ether oxygens (including phenoxy) is 1. The van der Waals surface area contributed by atoms with E-state index < -0.39 is 5.97 Å². The van der Waals surface area contributed by atoms with E-state index >= 15 is 0 Å². The molecule has 0 radical (unpaired) electrons. The van der Waals surface area contributed by atoms with Gasteiger partial charge < -0.3 is 9.64 Å². The van der Waals surface area contributed by atoms with Gasteiger partial charge in [-0.2, -0.15) is 5.10 Å². The number of hydrogen-bond acceptors (Lipinski definition) is 4. The van der Waals surface area contributed by atoms with Crippen LogP contribution in [0.15, 0.2) is 24.3 Å². The average Bonchev–Trinajstić information content (AvgIpc) is 3.00. The van der Waals surface area contributed by atoms with Crippen LogP contribution in [0.25, 0.3) is 0 Å². The number of benzene rings is 1. The zero-order chi connectivity index (χ0) is 21.0. The number of amides is 1. The molecule has 0 N–H and O–H groups in total. The molecule has 2 heterocycles. The Morgan fingerprint density at radius 3 is 2.72 bits per heavy atom. The molecule has 156 valence electrons. The maximum Gasteiger partial charge on any atom is 0.342 e. The molecule has 0 saturated carbocycles. The van der Waals surface area contributed by atoms with Crippen LogP contribution in [-0.2, 0) is 16.1 Å². The molecule has 0 aliphatic carbocycles. The fourth-order valence-electron chi connectivity index (χ4n) is 3.97. The number of carbonyl (C=O) groups excluding carboxylic acids is 2. The molecule has 7 heteroatoms. The molecule has 2 aromatic rings. The van der Waals surface area contributed by atoms with Crippen LogP contribution in [0.5, 0.6) is 0 Å². The fraction of sp³-hybridized carbons (Fsp3) is 0.500. The van der Waals surface area contributed by atoms with Gasteiger partial charge in [0.25, 0.3) is 5.91 Å². The van der Waals surface area contributed by atoms with Gasteiger partial charge in [0.05, 0.1) is 17.9 Å². The number of aromatic nitrogens is 2. The van der Waals surface area contributed by atoms with Crippen molar-refractivity contribution >= 4 is 23.5 Å². The second-order valence-corrected chi connectivity index (χ2v) is 7.92. The third-order valence-electron chi connectivity index (χ3n) is 5.61. The molecule has 1 saturated heterocycles. The predicted octanol–water partition coefficient (Wildman–Crippen LogP) is 4.15. The lowest BCUT2D eigenvalue weighted by molar-refractivity contribution is -0.138. The molecule has 0 spiro atoms. The third kappa shape index (κ3) is 4.81. The summed E-state index contributed by atoms with van der Waals surface area (Å²) in [5.74, 6) is -0.632. The molecule has 0 unspecified atom stereocenters. The lowest BCUT2D eigenvalue weighted by atomic mass is 10.00. The van der Waals surface area contributed by atoms with Crippen molar-refractivity contribution in [1.29, 1.82) is 0 Å². The van der Waals surface area contributed by atoms with Gasteiger partial charge in [0, 0.05) is 17.6 Å². The minimum absolute atomic E-state index is 0.122. The first-order chi connectivity index (χ1) is 13.9. The highest BCUT2D eigenvalue weighted by Crippen LogP contribution is 2.21. The molecule has 1 aliphatic rings. The molecule has 1 aliphatic heterocycles. The number of likely N-dealkylation sites (tertiary alicyclic amines) is 1. The predicted molar refractivity (Wildman–Crippen MR) is 112 cm³/mol. The summed E-state index contributed by atoms with van der Waals surface area (Å²) in [6.45, 7) is 6.65. The van der Waals surface area contributed by atoms with Crippen molar-refractivity contribution in [1.82, 2.24) is 14.7 Å². The van der Waals surface area contributed by atoms with Crippen LogP contribution in [0.3, 0.4) is 0 Å². The Balaban J connectivity index is 1.67. The Morgan fingerprint density at radius 2 is 2.00 bits per heavy atom. The van der Waals surface area contributed by atoms with Crippen LogP contribution in [0.4, 0.5) is 0 Å². The maximum atomic E-state index is 12.7. The van der Waals surface area contributed by atoms with Crippen molar-refractivity contribution < 1.29 is 14.3 Å². The largest absolute Gasteiger partial charge is 0.452 e. The summed E-state index contributed by atoms with van der Waals surface area (Å²) < 4.78 is 7.12. The lowest BCUT2D eigenvalue weighted by Gasteiger charge is -2.35. The average molecular weight is 418 g/mol. The second kappa shape index (κ2) is 9.44. The van der Waals surface area contributed by atoms with Crippen molar-refractivity contribution in [3.05, 3.63) is 51.8 Å².